The van der Waals surface area contributed by atoms with Gasteiger partial charge in [-0.15, -0.1) is 0 Å². The van der Waals surface area contributed by atoms with Crippen LogP contribution < -0.4 is 10.2 Å². The van der Waals surface area contributed by atoms with Crippen LogP contribution in [0.3, 0.4) is 0 Å². The number of nitrogens with zero attached hydrogens (tertiary/aromatic N) is 5. The van der Waals surface area contributed by atoms with Gasteiger partial charge in [-0.2, -0.15) is 5.26 Å². The molecule has 7 nitrogen and oxygen atoms in total. The van der Waals surface area contributed by atoms with Crippen molar-refractivity contribution in [3.63, 3.8) is 0 Å². The highest BCUT2D eigenvalue weighted by atomic mass is 16.1. The predicted octanol–water partition coefficient (Wildman–Crippen LogP) is 1.91. The third-order valence-electron chi connectivity index (χ3n) is 4.11. The maximum Gasteiger partial charge on any atom is 0.228 e. The Morgan fingerprint density at radius 3 is 2.67 bits per heavy atom. The van der Waals surface area contributed by atoms with Gasteiger partial charge < -0.3 is 10.2 Å². The molecule has 0 aliphatic carbocycles. The van der Waals surface area contributed by atoms with Gasteiger partial charge in [-0.05, 0) is 31.4 Å². The quantitative estimate of drug-likeness (QED) is 0.927. The van der Waals surface area contributed by atoms with E-state index < -0.39 is 0 Å². The van der Waals surface area contributed by atoms with E-state index in [0.717, 1.165) is 5.56 Å². The normalized spacial score (nSPS) is 14.9. The second-order valence-electron chi connectivity index (χ2n) is 5.81. The predicted molar refractivity (Wildman–Crippen MR) is 89.3 cm³/mol. The van der Waals surface area contributed by atoms with Gasteiger partial charge in [-0.1, -0.05) is 6.07 Å². The van der Waals surface area contributed by atoms with Gasteiger partial charge in [0.15, 0.2) is 11.5 Å². The molecule has 0 atom stereocenters. The Kier molecular flexibility index (Phi) is 4.66. The van der Waals surface area contributed by atoms with Gasteiger partial charge in [0.2, 0.25) is 5.91 Å². The number of anilines is 2. The molecule has 7 heteroatoms. The van der Waals surface area contributed by atoms with Crippen molar-refractivity contribution in [1.82, 2.24) is 15.0 Å². The number of aromatic nitrogens is 3. The fraction of sp³-hybridized carbons (Fsp3) is 0.353. The van der Waals surface area contributed by atoms with E-state index in [1.165, 1.54) is 6.20 Å². The van der Waals surface area contributed by atoms with Gasteiger partial charge >= 0.3 is 0 Å². The van der Waals surface area contributed by atoms with Crippen LogP contribution >= 0.6 is 0 Å². The van der Waals surface area contributed by atoms with E-state index in [1.807, 2.05) is 17.9 Å². The minimum absolute atomic E-state index is 0.00865. The monoisotopic (exact) mass is 322 g/mol. The summed E-state index contributed by atoms with van der Waals surface area (Å²) < 4.78 is 0. The highest BCUT2D eigenvalue weighted by Gasteiger charge is 2.27. The van der Waals surface area contributed by atoms with Crippen LogP contribution in [0.4, 0.5) is 11.6 Å². The second-order valence-corrected chi connectivity index (χ2v) is 5.81. The van der Waals surface area contributed by atoms with Crippen molar-refractivity contribution in [2.24, 2.45) is 5.92 Å². The first kappa shape index (κ1) is 15.9. The lowest BCUT2D eigenvalue weighted by Crippen LogP contribution is -2.39. The van der Waals surface area contributed by atoms with E-state index >= 15 is 0 Å². The Hall–Kier alpha value is -3.01. The van der Waals surface area contributed by atoms with Gasteiger partial charge in [-0.25, -0.2) is 15.0 Å². The summed E-state index contributed by atoms with van der Waals surface area (Å²) in [4.78, 5) is 26.9. The average Bonchev–Trinajstić information content (AvgIpc) is 2.63. The number of rotatable bonds is 3. The number of nitriles is 1. The fourth-order valence-electron chi connectivity index (χ4n) is 2.76. The van der Waals surface area contributed by atoms with E-state index in [4.69, 9.17) is 5.26 Å². The van der Waals surface area contributed by atoms with Crippen LogP contribution in [0.1, 0.15) is 24.1 Å². The van der Waals surface area contributed by atoms with E-state index in [1.54, 1.807) is 18.5 Å². The lowest BCUT2D eigenvalue weighted by Gasteiger charge is -2.32. The molecule has 1 fully saturated rings. The van der Waals surface area contributed by atoms with Crippen molar-refractivity contribution in [3.05, 3.63) is 42.0 Å². The molecule has 0 unspecified atom stereocenters. The third-order valence-corrected chi connectivity index (χ3v) is 4.11. The maximum atomic E-state index is 12.4. The first-order valence-electron chi connectivity index (χ1n) is 7.87. The third kappa shape index (κ3) is 3.49. The first-order valence-corrected chi connectivity index (χ1v) is 7.87. The zero-order valence-electron chi connectivity index (χ0n) is 13.4. The van der Waals surface area contributed by atoms with Gasteiger partial charge in [0.1, 0.15) is 11.9 Å². The fourth-order valence-corrected chi connectivity index (χ4v) is 2.76. The molecule has 2 aromatic heterocycles. The average molecular weight is 322 g/mol. The van der Waals surface area contributed by atoms with Crippen molar-refractivity contribution >= 4 is 17.5 Å². The summed E-state index contributed by atoms with van der Waals surface area (Å²) in [6.45, 7) is 3.30. The Balaban J connectivity index is 1.59. The Morgan fingerprint density at radius 2 is 2.00 bits per heavy atom. The molecule has 0 aromatic carbocycles. The van der Waals surface area contributed by atoms with Gasteiger partial charge in [0, 0.05) is 37.6 Å². The van der Waals surface area contributed by atoms with Crippen LogP contribution in [0.2, 0.25) is 0 Å². The van der Waals surface area contributed by atoms with Gasteiger partial charge in [-0.3, -0.25) is 4.79 Å². The molecule has 0 spiro atoms. The number of carbonyl (C=O) groups is 1. The molecule has 1 saturated heterocycles. The lowest BCUT2D eigenvalue weighted by molar-refractivity contribution is -0.120. The van der Waals surface area contributed by atoms with Crippen LogP contribution in [-0.2, 0) is 4.79 Å². The van der Waals surface area contributed by atoms with Gasteiger partial charge in [0.05, 0.1) is 0 Å². The molecule has 3 heterocycles. The Morgan fingerprint density at radius 1 is 1.25 bits per heavy atom. The SMILES string of the molecule is Cc1ccc(NC(=O)C2CCN(c3nccnc3C#N)CC2)nc1. The van der Waals surface area contributed by atoms with E-state index in [0.29, 0.717) is 43.3 Å². The lowest BCUT2D eigenvalue weighted by atomic mass is 9.96. The molecule has 2 aromatic rings. The number of aryl methyl sites for hydroxylation is 1. The number of piperidine rings is 1. The van der Waals surface area contributed by atoms with Crippen LogP contribution in [0.25, 0.3) is 0 Å². The van der Waals surface area contributed by atoms with Crippen LogP contribution in [0, 0.1) is 24.2 Å². The molecule has 24 heavy (non-hydrogen) atoms. The zero-order valence-corrected chi connectivity index (χ0v) is 13.4. The first-order chi connectivity index (χ1) is 11.7. The summed E-state index contributed by atoms with van der Waals surface area (Å²) in [5.74, 6) is 1.10. The zero-order chi connectivity index (χ0) is 16.9. The van der Waals surface area contributed by atoms with Crippen molar-refractivity contribution < 1.29 is 4.79 Å². The molecular formula is C17H18N6O. The number of pyridine rings is 1. The number of hydrogen-bond acceptors (Lipinski definition) is 6. The molecule has 122 valence electrons. The van der Waals surface area contributed by atoms with E-state index in [9.17, 15) is 4.79 Å². The van der Waals surface area contributed by atoms with Crippen molar-refractivity contribution in [3.8, 4) is 6.07 Å². The smallest absolute Gasteiger partial charge is 0.228 e. The number of amides is 1. The Labute approximate surface area is 140 Å². The number of nitrogens with one attached hydrogen (secondary N) is 1. The molecule has 0 radical (unpaired) electrons. The molecule has 3 rings (SSSR count). The molecule has 1 aliphatic rings. The summed E-state index contributed by atoms with van der Waals surface area (Å²) in [6, 6.07) is 5.79. The molecule has 1 N–H and O–H groups in total. The number of carbonyl (C=O) groups excluding carboxylic acids is 1. The largest absolute Gasteiger partial charge is 0.354 e. The minimum atomic E-state index is -0.0634. The van der Waals surface area contributed by atoms with Crippen LogP contribution in [0.15, 0.2) is 30.7 Å². The van der Waals surface area contributed by atoms with Crippen molar-refractivity contribution in [2.75, 3.05) is 23.3 Å². The summed E-state index contributed by atoms with van der Waals surface area (Å²) in [6.07, 6.45) is 6.24. The number of hydrogen-bond donors (Lipinski definition) is 1. The molecule has 1 aliphatic heterocycles. The van der Waals surface area contributed by atoms with E-state index in [-0.39, 0.29) is 11.8 Å². The van der Waals surface area contributed by atoms with Crippen LogP contribution in [-0.4, -0.2) is 33.9 Å². The topological polar surface area (TPSA) is 94.8 Å². The van der Waals surface area contributed by atoms with Crippen molar-refractivity contribution in [2.45, 2.75) is 19.8 Å². The summed E-state index contributed by atoms with van der Waals surface area (Å²) in [5.41, 5.74) is 1.38. The van der Waals surface area contributed by atoms with Gasteiger partial charge in [0.25, 0.3) is 0 Å². The molecular weight excluding hydrogens is 304 g/mol. The maximum absolute atomic E-state index is 12.4. The minimum Gasteiger partial charge on any atom is -0.354 e. The summed E-state index contributed by atoms with van der Waals surface area (Å²) >= 11 is 0. The van der Waals surface area contributed by atoms with E-state index in [2.05, 4.69) is 26.3 Å². The molecule has 0 saturated carbocycles. The second kappa shape index (κ2) is 7.04. The van der Waals surface area contributed by atoms with Crippen LogP contribution in [0.5, 0.6) is 0 Å². The Bertz CT molecular complexity index is 759. The molecule has 1 amide bonds. The molecule has 0 bridgehead atoms. The van der Waals surface area contributed by atoms with Crippen molar-refractivity contribution in [1.29, 1.82) is 5.26 Å². The standard InChI is InChI=1S/C17H18N6O/c1-12-2-3-15(21-11-12)22-17(24)13-4-8-23(9-5-13)16-14(10-18)19-6-7-20-16/h2-3,6-7,11,13H,4-5,8-9H2,1H3,(H,21,22,24). The highest BCUT2D eigenvalue weighted by molar-refractivity contribution is 5.91. The summed E-state index contributed by atoms with van der Waals surface area (Å²) in [7, 11) is 0. The highest BCUT2D eigenvalue weighted by Crippen LogP contribution is 2.24. The summed E-state index contributed by atoms with van der Waals surface area (Å²) in [5, 5.41) is 12.0.